The average molecular weight is 449 g/mol. The van der Waals surface area contributed by atoms with Crippen LogP contribution in [0.3, 0.4) is 0 Å². The van der Waals surface area contributed by atoms with E-state index in [1.165, 1.54) is 4.90 Å². The predicted octanol–water partition coefficient (Wildman–Crippen LogP) is 4.98. The van der Waals surface area contributed by atoms with E-state index in [4.69, 9.17) is 32.7 Å². The Hall–Kier alpha value is -2.70. The van der Waals surface area contributed by atoms with Gasteiger partial charge in [0.2, 0.25) is 0 Å². The number of nitrogens with zero attached hydrogens (tertiary/aromatic N) is 1. The lowest BCUT2D eigenvalue weighted by Gasteiger charge is -2.36. The first kappa shape index (κ1) is 22.0. The minimum atomic E-state index is -0.758. The normalized spacial score (nSPS) is 16.3. The Morgan fingerprint density at radius 3 is 2.57 bits per heavy atom. The molecule has 0 fully saturated rings. The van der Waals surface area contributed by atoms with E-state index in [9.17, 15) is 9.59 Å². The molecule has 30 heavy (non-hydrogen) atoms. The van der Waals surface area contributed by atoms with Crippen LogP contribution >= 0.6 is 23.2 Å². The van der Waals surface area contributed by atoms with E-state index in [-0.39, 0.29) is 24.8 Å². The van der Waals surface area contributed by atoms with Crippen molar-refractivity contribution < 1.29 is 19.1 Å². The minimum Gasteiger partial charge on any atom is -0.487 e. The molecule has 0 radical (unpaired) electrons. The molecule has 0 saturated heterocycles. The largest absolute Gasteiger partial charge is 0.487 e. The molecule has 2 aromatic carbocycles. The van der Waals surface area contributed by atoms with Gasteiger partial charge in [-0.05, 0) is 43.7 Å². The molecule has 0 aliphatic carbocycles. The fourth-order valence-electron chi connectivity index (χ4n) is 3.29. The van der Waals surface area contributed by atoms with Crippen LogP contribution in [0.25, 0.3) is 0 Å². The van der Waals surface area contributed by atoms with Crippen LogP contribution in [-0.2, 0) is 9.53 Å². The Kier molecular flexibility index (Phi) is 7.24. The number of halogens is 2. The van der Waals surface area contributed by atoms with E-state index in [0.29, 0.717) is 33.6 Å². The van der Waals surface area contributed by atoms with Crippen LogP contribution in [-0.4, -0.2) is 36.7 Å². The molecule has 1 aliphatic heterocycles. The van der Waals surface area contributed by atoms with Gasteiger partial charge in [-0.2, -0.15) is 0 Å². The fraction of sp³-hybridized carbons (Fsp3) is 0.273. The van der Waals surface area contributed by atoms with Gasteiger partial charge in [-0.1, -0.05) is 47.5 Å². The van der Waals surface area contributed by atoms with Crippen molar-refractivity contribution >= 4 is 35.2 Å². The van der Waals surface area contributed by atoms with E-state index in [0.717, 1.165) is 0 Å². The molecule has 0 spiro atoms. The van der Waals surface area contributed by atoms with Gasteiger partial charge in [-0.15, -0.1) is 0 Å². The molecule has 0 saturated carbocycles. The van der Waals surface area contributed by atoms with E-state index in [1.54, 1.807) is 55.5 Å². The van der Waals surface area contributed by atoms with Crippen molar-refractivity contribution in [3.63, 3.8) is 0 Å². The highest BCUT2D eigenvalue weighted by atomic mass is 35.5. The number of rotatable bonds is 7. The number of carbonyl (C=O) groups excluding carboxylic acids is 2. The maximum Gasteiger partial charge on any atom is 0.338 e. The van der Waals surface area contributed by atoms with Crippen molar-refractivity contribution in [2.24, 2.45) is 0 Å². The average Bonchev–Trinajstić information content (AvgIpc) is 2.72. The molecule has 2 aromatic rings. The van der Waals surface area contributed by atoms with E-state index in [2.05, 4.69) is 5.32 Å². The Morgan fingerprint density at radius 2 is 1.90 bits per heavy atom. The first-order valence-corrected chi connectivity index (χ1v) is 10.3. The number of urea groups is 1. The summed E-state index contributed by atoms with van der Waals surface area (Å²) in [6.07, 6.45) is 0. The number of amides is 2. The molecule has 8 heteroatoms. The van der Waals surface area contributed by atoms with Gasteiger partial charge < -0.3 is 14.8 Å². The molecular formula is C22H22Cl2N2O4. The van der Waals surface area contributed by atoms with Crippen LogP contribution in [0, 0.1) is 0 Å². The number of carbonyl (C=O) groups is 2. The van der Waals surface area contributed by atoms with Crippen LogP contribution in [0.2, 0.25) is 10.0 Å². The third-order valence-corrected chi connectivity index (χ3v) is 5.22. The van der Waals surface area contributed by atoms with Crippen molar-refractivity contribution in [3.05, 3.63) is 75.4 Å². The van der Waals surface area contributed by atoms with Crippen molar-refractivity contribution in [1.29, 1.82) is 0 Å². The van der Waals surface area contributed by atoms with E-state index in [1.807, 2.05) is 6.92 Å². The first-order valence-electron chi connectivity index (χ1n) is 9.57. The highest BCUT2D eigenvalue weighted by molar-refractivity contribution is 6.31. The third-order valence-electron chi connectivity index (χ3n) is 4.64. The van der Waals surface area contributed by atoms with Gasteiger partial charge in [0.25, 0.3) is 0 Å². The Labute approximate surface area is 185 Å². The van der Waals surface area contributed by atoms with Crippen molar-refractivity contribution in [2.75, 3.05) is 19.8 Å². The Bertz CT molecular complexity index is 977. The molecule has 1 heterocycles. The topological polar surface area (TPSA) is 67.9 Å². The predicted molar refractivity (Wildman–Crippen MR) is 116 cm³/mol. The zero-order valence-corrected chi connectivity index (χ0v) is 18.2. The molecule has 1 atom stereocenters. The van der Waals surface area contributed by atoms with Gasteiger partial charge in [-0.3, -0.25) is 4.90 Å². The summed E-state index contributed by atoms with van der Waals surface area (Å²) in [5.41, 5.74) is 1.31. The zero-order valence-electron chi connectivity index (χ0n) is 16.7. The molecule has 2 amide bonds. The Morgan fingerprint density at radius 1 is 1.13 bits per heavy atom. The smallest absolute Gasteiger partial charge is 0.338 e. The molecule has 6 nitrogen and oxygen atoms in total. The minimum absolute atomic E-state index is 0.0172. The van der Waals surface area contributed by atoms with Crippen molar-refractivity contribution in [2.45, 2.75) is 19.9 Å². The maximum atomic E-state index is 13.0. The molecule has 158 valence electrons. The summed E-state index contributed by atoms with van der Waals surface area (Å²) in [6.45, 7) is 4.07. The summed E-state index contributed by atoms with van der Waals surface area (Å²) < 4.78 is 11.2. The SMILES string of the molecule is CCOC(=O)C1=C(COc2cccc(Cl)c2)N(CC)C(=O)NC1c1ccccc1Cl. The number of hydrogen-bond acceptors (Lipinski definition) is 4. The van der Waals surface area contributed by atoms with Gasteiger partial charge >= 0.3 is 12.0 Å². The van der Waals surface area contributed by atoms with Crippen molar-refractivity contribution in [3.8, 4) is 5.75 Å². The summed E-state index contributed by atoms with van der Waals surface area (Å²) in [4.78, 5) is 27.3. The monoisotopic (exact) mass is 448 g/mol. The second-order valence-corrected chi connectivity index (χ2v) is 7.32. The number of esters is 1. The fourth-order valence-corrected chi connectivity index (χ4v) is 3.72. The quantitative estimate of drug-likeness (QED) is 0.606. The molecule has 0 aromatic heterocycles. The summed E-state index contributed by atoms with van der Waals surface area (Å²) in [7, 11) is 0. The zero-order chi connectivity index (χ0) is 21.7. The summed E-state index contributed by atoms with van der Waals surface area (Å²) in [5, 5.41) is 3.83. The number of ether oxygens (including phenoxy) is 2. The van der Waals surface area contributed by atoms with Gasteiger partial charge in [0, 0.05) is 16.6 Å². The van der Waals surface area contributed by atoms with Gasteiger partial charge in [0.05, 0.1) is 23.9 Å². The summed E-state index contributed by atoms with van der Waals surface area (Å²) >= 11 is 12.4. The molecule has 1 aliphatic rings. The van der Waals surface area contributed by atoms with Crippen LogP contribution in [0.4, 0.5) is 4.79 Å². The molecule has 0 bridgehead atoms. The summed E-state index contributed by atoms with van der Waals surface area (Å²) in [5.74, 6) is -0.0138. The lowest BCUT2D eigenvalue weighted by Crippen LogP contribution is -2.49. The highest BCUT2D eigenvalue weighted by Gasteiger charge is 2.38. The number of hydrogen-bond donors (Lipinski definition) is 1. The Balaban J connectivity index is 2.09. The van der Waals surface area contributed by atoms with E-state index < -0.39 is 12.0 Å². The maximum absolute atomic E-state index is 13.0. The molecule has 3 rings (SSSR count). The van der Waals surface area contributed by atoms with Crippen LogP contribution < -0.4 is 10.1 Å². The summed E-state index contributed by atoms with van der Waals surface area (Å²) in [6, 6.07) is 12.9. The molecule has 1 N–H and O–H groups in total. The number of benzene rings is 2. The van der Waals surface area contributed by atoms with Gasteiger partial charge in [0.1, 0.15) is 12.4 Å². The first-order chi connectivity index (χ1) is 14.5. The number of nitrogens with one attached hydrogen (secondary N) is 1. The van der Waals surface area contributed by atoms with Crippen LogP contribution in [0.15, 0.2) is 59.8 Å². The van der Waals surface area contributed by atoms with Gasteiger partial charge in [-0.25, -0.2) is 9.59 Å². The lowest BCUT2D eigenvalue weighted by molar-refractivity contribution is -0.139. The highest BCUT2D eigenvalue weighted by Crippen LogP contribution is 2.35. The second kappa shape index (κ2) is 9.87. The second-order valence-electron chi connectivity index (χ2n) is 6.48. The van der Waals surface area contributed by atoms with Crippen LogP contribution in [0.1, 0.15) is 25.5 Å². The van der Waals surface area contributed by atoms with E-state index >= 15 is 0 Å². The third kappa shape index (κ3) is 4.71. The van der Waals surface area contributed by atoms with Crippen molar-refractivity contribution in [1.82, 2.24) is 10.2 Å². The molecule has 1 unspecified atom stereocenters. The van der Waals surface area contributed by atoms with Gasteiger partial charge in [0.15, 0.2) is 0 Å². The standard InChI is InChI=1S/C22H22Cl2N2O4/c1-3-26-18(13-30-15-9-7-8-14(23)12-15)19(21(27)29-4-2)20(25-22(26)28)16-10-5-6-11-17(16)24/h5-12,20H,3-4,13H2,1-2H3,(H,25,28). The molecular weight excluding hydrogens is 427 g/mol. The van der Waals surface area contributed by atoms with Crippen LogP contribution in [0.5, 0.6) is 5.75 Å². The number of likely N-dealkylation sites (N-methyl/N-ethyl adjacent to an activating group) is 1. The lowest BCUT2D eigenvalue weighted by atomic mass is 9.94.